The van der Waals surface area contributed by atoms with Crippen LogP contribution in [0.1, 0.15) is 31.2 Å². The zero-order valence-corrected chi connectivity index (χ0v) is 13.1. The molecule has 0 aromatic heterocycles. The highest BCUT2D eigenvalue weighted by atomic mass is 79.9. The molecule has 6 nitrogen and oxygen atoms in total. The Labute approximate surface area is 131 Å². The summed E-state index contributed by atoms with van der Waals surface area (Å²) in [6.45, 7) is 0.732. The van der Waals surface area contributed by atoms with E-state index in [0.717, 1.165) is 25.9 Å². The predicted molar refractivity (Wildman–Crippen MR) is 83.5 cm³/mol. The number of hydrogen-bond donors (Lipinski definition) is 3. The first kappa shape index (κ1) is 15.8. The van der Waals surface area contributed by atoms with Crippen LogP contribution in [0.5, 0.6) is 0 Å². The summed E-state index contributed by atoms with van der Waals surface area (Å²) in [5.74, 6) is -0.0664. The van der Waals surface area contributed by atoms with Crippen LogP contribution in [0.25, 0.3) is 0 Å². The van der Waals surface area contributed by atoms with Gasteiger partial charge in [0.25, 0.3) is 0 Å². The molecular formula is C14H18BrN3O3. The molecular weight excluding hydrogens is 338 g/mol. The molecule has 1 unspecified atom stereocenters. The van der Waals surface area contributed by atoms with Crippen molar-refractivity contribution >= 4 is 33.4 Å². The number of nitrogens with zero attached hydrogens (tertiary/aromatic N) is 1. The minimum absolute atomic E-state index is 0.00830. The van der Waals surface area contributed by atoms with Crippen LogP contribution in [-0.4, -0.2) is 29.7 Å². The summed E-state index contributed by atoms with van der Waals surface area (Å²) in [5, 5.41) is 14.4. The van der Waals surface area contributed by atoms with E-state index in [1.807, 2.05) is 0 Å². The maximum absolute atomic E-state index is 12.0. The number of anilines is 1. The number of halogens is 1. The Morgan fingerprint density at radius 2 is 2.33 bits per heavy atom. The van der Waals surface area contributed by atoms with Gasteiger partial charge in [0.2, 0.25) is 5.91 Å². The molecule has 1 heterocycles. The van der Waals surface area contributed by atoms with Crippen LogP contribution in [-0.2, 0) is 9.53 Å². The number of amides is 1. The number of amidine groups is 1. The summed E-state index contributed by atoms with van der Waals surface area (Å²) < 4.78 is 6.22. The van der Waals surface area contributed by atoms with Crippen LogP contribution >= 0.6 is 15.9 Å². The SMILES string of the molecule is N/C(=N/O)c1ccc(NC(=O)CC2CCCCO2)c(Br)c1. The number of carbonyl (C=O) groups is 1. The summed E-state index contributed by atoms with van der Waals surface area (Å²) in [4.78, 5) is 12.0. The van der Waals surface area contributed by atoms with Crippen LogP contribution in [0.2, 0.25) is 0 Å². The van der Waals surface area contributed by atoms with Gasteiger partial charge in [-0.25, -0.2) is 0 Å². The summed E-state index contributed by atoms with van der Waals surface area (Å²) in [7, 11) is 0. The van der Waals surface area contributed by atoms with Crippen molar-refractivity contribution in [2.75, 3.05) is 11.9 Å². The highest BCUT2D eigenvalue weighted by Gasteiger charge is 2.18. The zero-order chi connectivity index (χ0) is 15.2. The van der Waals surface area contributed by atoms with E-state index in [1.165, 1.54) is 0 Å². The van der Waals surface area contributed by atoms with Gasteiger partial charge in [-0.15, -0.1) is 0 Å². The van der Waals surface area contributed by atoms with Crippen LogP contribution in [0, 0.1) is 0 Å². The fourth-order valence-electron chi connectivity index (χ4n) is 2.21. The normalized spacial score (nSPS) is 19.3. The monoisotopic (exact) mass is 355 g/mol. The minimum atomic E-state index is -0.0841. The summed E-state index contributed by atoms with van der Waals surface area (Å²) >= 11 is 3.36. The Morgan fingerprint density at radius 3 is 2.95 bits per heavy atom. The van der Waals surface area contributed by atoms with Gasteiger partial charge in [-0.2, -0.15) is 0 Å². The average molecular weight is 356 g/mol. The second kappa shape index (κ2) is 7.42. The van der Waals surface area contributed by atoms with Crippen molar-refractivity contribution in [1.82, 2.24) is 0 Å². The lowest BCUT2D eigenvalue weighted by atomic mass is 10.1. The van der Waals surface area contributed by atoms with Crippen LogP contribution in [0.15, 0.2) is 27.8 Å². The van der Waals surface area contributed by atoms with E-state index in [4.69, 9.17) is 15.7 Å². The van der Waals surface area contributed by atoms with Gasteiger partial charge in [0.1, 0.15) is 0 Å². The van der Waals surface area contributed by atoms with Crippen molar-refractivity contribution in [3.8, 4) is 0 Å². The maximum atomic E-state index is 12.0. The molecule has 1 aromatic carbocycles. The number of oxime groups is 1. The molecule has 21 heavy (non-hydrogen) atoms. The van der Waals surface area contributed by atoms with Gasteiger partial charge in [-0.3, -0.25) is 4.79 Å². The lowest BCUT2D eigenvalue weighted by Crippen LogP contribution is -2.25. The van der Waals surface area contributed by atoms with Gasteiger partial charge < -0.3 is 21.0 Å². The average Bonchev–Trinajstić information content (AvgIpc) is 2.49. The highest BCUT2D eigenvalue weighted by Crippen LogP contribution is 2.24. The third-order valence-electron chi connectivity index (χ3n) is 3.33. The largest absolute Gasteiger partial charge is 0.409 e. The first-order chi connectivity index (χ1) is 10.1. The third-order valence-corrected chi connectivity index (χ3v) is 3.99. The second-order valence-electron chi connectivity index (χ2n) is 4.92. The number of nitrogens with one attached hydrogen (secondary N) is 1. The molecule has 2 rings (SSSR count). The number of benzene rings is 1. The predicted octanol–water partition coefficient (Wildman–Crippen LogP) is 2.44. The molecule has 1 amide bonds. The fourth-order valence-corrected chi connectivity index (χ4v) is 2.69. The summed E-state index contributed by atoms with van der Waals surface area (Å²) in [6.07, 6.45) is 3.47. The third kappa shape index (κ3) is 4.44. The Morgan fingerprint density at radius 1 is 1.52 bits per heavy atom. The lowest BCUT2D eigenvalue weighted by Gasteiger charge is -2.22. The van der Waals surface area contributed by atoms with E-state index in [1.54, 1.807) is 18.2 Å². The van der Waals surface area contributed by atoms with Gasteiger partial charge in [0.05, 0.1) is 18.2 Å². The van der Waals surface area contributed by atoms with E-state index >= 15 is 0 Å². The van der Waals surface area contributed by atoms with E-state index < -0.39 is 0 Å². The second-order valence-corrected chi connectivity index (χ2v) is 5.78. The number of nitrogens with two attached hydrogens (primary N) is 1. The fraction of sp³-hybridized carbons (Fsp3) is 0.429. The Bertz CT molecular complexity index is 542. The number of carbonyl (C=O) groups excluding carboxylic acids is 1. The molecule has 0 spiro atoms. The Kier molecular flexibility index (Phi) is 5.58. The van der Waals surface area contributed by atoms with Crippen LogP contribution < -0.4 is 11.1 Å². The van der Waals surface area contributed by atoms with Gasteiger partial charge in [-0.05, 0) is 53.4 Å². The molecule has 0 aliphatic carbocycles. The minimum Gasteiger partial charge on any atom is -0.409 e. The molecule has 1 aromatic rings. The standard InChI is InChI=1S/C14H18BrN3O3/c15-11-7-9(14(16)18-20)4-5-12(11)17-13(19)8-10-3-1-2-6-21-10/h4-5,7,10,20H,1-3,6,8H2,(H2,16,18)(H,17,19). The van der Waals surface area contributed by atoms with E-state index in [0.29, 0.717) is 22.1 Å². The van der Waals surface area contributed by atoms with Gasteiger partial charge in [0, 0.05) is 16.6 Å². The van der Waals surface area contributed by atoms with Crippen molar-refractivity contribution in [2.24, 2.45) is 10.9 Å². The summed E-state index contributed by atoms with van der Waals surface area (Å²) in [5.41, 5.74) is 6.72. The van der Waals surface area contributed by atoms with E-state index in [2.05, 4.69) is 26.4 Å². The van der Waals surface area contributed by atoms with E-state index in [9.17, 15) is 4.79 Å². The molecule has 1 saturated heterocycles. The molecule has 1 atom stereocenters. The lowest BCUT2D eigenvalue weighted by molar-refractivity contribution is -0.119. The molecule has 7 heteroatoms. The van der Waals surface area contributed by atoms with Crippen molar-refractivity contribution in [3.63, 3.8) is 0 Å². The zero-order valence-electron chi connectivity index (χ0n) is 11.5. The first-order valence-electron chi connectivity index (χ1n) is 6.79. The smallest absolute Gasteiger partial charge is 0.227 e. The van der Waals surface area contributed by atoms with Crippen molar-refractivity contribution < 1.29 is 14.7 Å². The van der Waals surface area contributed by atoms with Crippen molar-refractivity contribution in [2.45, 2.75) is 31.8 Å². The van der Waals surface area contributed by atoms with Crippen LogP contribution in [0.4, 0.5) is 5.69 Å². The molecule has 114 valence electrons. The van der Waals surface area contributed by atoms with E-state index in [-0.39, 0.29) is 17.8 Å². The molecule has 1 aliphatic rings. The first-order valence-corrected chi connectivity index (χ1v) is 7.58. The van der Waals surface area contributed by atoms with Crippen molar-refractivity contribution in [1.29, 1.82) is 0 Å². The Balaban J connectivity index is 1.97. The summed E-state index contributed by atoms with van der Waals surface area (Å²) in [6, 6.07) is 5.06. The van der Waals surface area contributed by atoms with Gasteiger partial charge in [0.15, 0.2) is 5.84 Å². The molecule has 0 bridgehead atoms. The maximum Gasteiger partial charge on any atom is 0.227 e. The number of ether oxygens (including phenoxy) is 1. The quantitative estimate of drug-likeness (QED) is 0.334. The number of hydrogen-bond acceptors (Lipinski definition) is 4. The Hall–Kier alpha value is -1.60. The van der Waals surface area contributed by atoms with Gasteiger partial charge in [-0.1, -0.05) is 5.16 Å². The highest BCUT2D eigenvalue weighted by molar-refractivity contribution is 9.10. The topological polar surface area (TPSA) is 96.9 Å². The molecule has 4 N–H and O–H groups in total. The number of rotatable bonds is 4. The van der Waals surface area contributed by atoms with Crippen molar-refractivity contribution in [3.05, 3.63) is 28.2 Å². The molecule has 0 saturated carbocycles. The van der Waals surface area contributed by atoms with Crippen LogP contribution in [0.3, 0.4) is 0 Å². The molecule has 0 radical (unpaired) electrons. The van der Waals surface area contributed by atoms with Gasteiger partial charge >= 0.3 is 0 Å². The molecule has 1 fully saturated rings. The molecule has 1 aliphatic heterocycles.